The second-order valence-electron chi connectivity index (χ2n) is 3.57. The number of ether oxygens (including phenoxy) is 2. The SMILES string of the molecule is CCCC(C)C(=O)OCOC(=O)ON(C)C. The van der Waals surface area contributed by atoms with Crippen LogP contribution in [0.25, 0.3) is 0 Å². The van der Waals surface area contributed by atoms with Gasteiger partial charge in [-0.15, -0.1) is 5.06 Å². The summed E-state index contributed by atoms with van der Waals surface area (Å²) in [5, 5.41) is 1.18. The fraction of sp³-hybridized carbons (Fsp3) is 0.800. The zero-order chi connectivity index (χ0) is 12.6. The minimum Gasteiger partial charge on any atom is -0.427 e. The van der Waals surface area contributed by atoms with E-state index in [1.165, 1.54) is 19.2 Å². The van der Waals surface area contributed by atoms with E-state index in [9.17, 15) is 9.59 Å². The molecule has 0 aliphatic rings. The van der Waals surface area contributed by atoms with E-state index >= 15 is 0 Å². The molecule has 0 radical (unpaired) electrons. The summed E-state index contributed by atoms with van der Waals surface area (Å²) >= 11 is 0. The van der Waals surface area contributed by atoms with Gasteiger partial charge in [-0.05, 0) is 6.42 Å². The summed E-state index contributed by atoms with van der Waals surface area (Å²) in [5.41, 5.74) is 0. The molecule has 0 saturated carbocycles. The van der Waals surface area contributed by atoms with Gasteiger partial charge < -0.3 is 14.3 Å². The van der Waals surface area contributed by atoms with E-state index in [4.69, 9.17) is 4.74 Å². The maximum atomic E-state index is 11.3. The Labute approximate surface area is 95.4 Å². The number of hydroxylamine groups is 2. The van der Waals surface area contributed by atoms with Gasteiger partial charge in [0.25, 0.3) is 0 Å². The van der Waals surface area contributed by atoms with Crippen molar-refractivity contribution in [2.75, 3.05) is 20.9 Å². The highest BCUT2D eigenvalue weighted by Gasteiger charge is 2.14. The van der Waals surface area contributed by atoms with Gasteiger partial charge in [-0.2, -0.15) is 0 Å². The van der Waals surface area contributed by atoms with Crippen LogP contribution >= 0.6 is 0 Å². The normalized spacial score (nSPS) is 12.1. The van der Waals surface area contributed by atoms with E-state index in [1.807, 2.05) is 6.92 Å². The zero-order valence-corrected chi connectivity index (χ0v) is 10.2. The Morgan fingerprint density at radius 3 is 2.38 bits per heavy atom. The average Bonchev–Trinajstić information content (AvgIpc) is 2.16. The number of nitrogens with zero attached hydrogens (tertiary/aromatic N) is 1. The van der Waals surface area contributed by atoms with Crippen molar-refractivity contribution in [1.29, 1.82) is 0 Å². The van der Waals surface area contributed by atoms with Gasteiger partial charge in [0.15, 0.2) is 0 Å². The number of hydrogen-bond donors (Lipinski definition) is 0. The van der Waals surface area contributed by atoms with Crippen LogP contribution in [0.4, 0.5) is 4.79 Å². The molecule has 0 spiro atoms. The minimum atomic E-state index is -0.902. The topological polar surface area (TPSA) is 65.1 Å². The standard InChI is InChI=1S/C10H19NO5/c1-5-6-8(2)9(12)14-7-15-10(13)16-11(3)4/h8H,5-7H2,1-4H3. The average molecular weight is 233 g/mol. The first-order chi connectivity index (χ1) is 7.47. The van der Waals surface area contributed by atoms with Gasteiger partial charge in [-0.25, -0.2) is 4.79 Å². The molecule has 0 aromatic rings. The second kappa shape index (κ2) is 7.92. The largest absolute Gasteiger partial charge is 0.530 e. The molecule has 0 aliphatic heterocycles. The van der Waals surface area contributed by atoms with E-state index in [1.54, 1.807) is 6.92 Å². The molecule has 16 heavy (non-hydrogen) atoms. The summed E-state index contributed by atoms with van der Waals surface area (Å²) in [5.74, 6) is -0.557. The van der Waals surface area contributed by atoms with Crippen molar-refractivity contribution in [3.05, 3.63) is 0 Å². The molecule has 0 saturated heterocycles. The lowest BCUT2D eigenvalue weighted by molar-refractivity contribution is -0.162. The first-order valence-electron chi connectivity index (χ1n) is 5.16. The molecule has 0 amide bonds. The fourth-order valence-electron chi connectivity index (χ4n) is 1.00. The minimum absolute atomic E-state index is 0.182. The van der Waals surface area contributed by atoms with Crippen molar-refractivity contribution in [1.82, 2.24) is 5.06 Å². The highest BCUT2D eigenvalue weighted by Crippen LogP contribution is 2.06. The van der Waals surface area contributed by atoms with Gasteiger partial charge in [0.1, 0.15) is 0 Å². The smallest absolute Gasteiger partial charge is 0.427 e. The van der Waals surface area contributed by atoms with Crippen molar-refractivity contribution >= 4 is 12.1 Å². The van der Waals surface area contributed by atoms with E-state index in [0.29, 0.717) is 0 Å². The molecule has 0 N–H and O–H groups in total. The third-order valence-electron chi connectivity index (χ3n) is 1.76. The molecule has 6 heteroatoms. The lowest BCUT2D eigenvalue weighted by atomic mass is 10.1. The summed E-state index contributed by atoms with van der Waals surface area (Å²) in [6.07, 6.45) is 0.752. The van der Waals surface area contributed by atoms with Crippen LogP contribution in [0.15, 0.2) is 0 Å². The monoisotopic (exact) mass is 233 g/mol. The number of carbonyl (C=O) groups excluding carboxylic acids is 2. The summed E-state index contributed by atoms with van der Waals surface area (Å²) in [6.45, 7) is 3.33. The Balaban J connectivity index is 3.65. The highest BCUT2D eigenvalue weighted by atomic mass is 16.8. The van der Waals surface area contributed by atoms with Crippen LogP contribution in [0.5, 0.6) is 0 Å². The van der Waals surface area contributed by atoms with Gasteiger partial charge in [-0.3, -0.25) is 4.79 Å². The molecular formula is C10H19NO5. The van der Waals surface area contributed by atoms with Crippen LogP contribution in [-0.4, -0.2) is 38.1 Å². The van der Waals surface area contributed by atoms with Crippen LogP contribution < -0.4 is 0 Å². The van der Waals surface area contributed by atoms with Crippen LogP contribution in [0.3, 0.4) is 0 Å². The second-order valence-corrected chi connectivity index (χ2v) is 3.57. The number of rotatable bonds is 6. The molecule has 1 unspecified atom stereocenters. The molecule has 94 valence electrons. The predicted octanol–water partition coefficient (Wildman–Crippen LogP) is 1.55. The number of hydrogen-bond acceptors (Lipinski definition) is 6. The molecule has 1 atom stereocenters. The van der Waals surface area contributed by atoms with Gasteiger partial charge in [-0.1, -0.05) is 20.3 Å². The maximum absolute atomic E-state index is 11.3. The first kappa shape index (κ1) is 14.7. The van der Waals surface area contributed by atoms with Crippen LogP contribution in [0, 0.1) is 5.92 Å². The lowest BCUT2D eigenvalue weighted by Crippen LogP contribution is -2.22. The van der Waals surface area contributed by atoms with Crippen molar-refractivity contribution < 1.29 is 23.9 Å². The van der Waals surface area contributed by atoms with Crippen LogP contribution in [0.2, 0.25) is 0 Å². The van der Waals surface area contributed by atoms with Gasteiger partial charge >= 0.3 is 12.1 Å². The molecule has 0 fully saturated rings. The summed E-state index contributed by atoms with van der Waals surface area (Å²) in [7, 11) is 3.08. The molecule has 0 aromatic heterocycles. The molecule has 0 bridgehead atoms. The summed E-state index contributed by atoms with van der Waals surface area (Å²) in [4.78, 5) is 26.6. The zero-order valence-electron chi connectivity index (χ0n) is 10.2. The van der Waals surface area contributed by atoms with Crippen molar-refractivity contribution in [3.8, 4) is 0 Å². The van der Waals surface area contributed by atoms with E-state index in [0.717, 1.165) is 12.8 Å². The molecule has 0 heterocycles. The summed E-state index contributed by atoms with van der Waals surface area (Å²) < 4.78 is 9.23. The molecule has 6 nitrogen and oxygen atoms in total. The molecule has 0 aromatic carbocycles. The number of esters is 1. The summed E-state index contributed by atoms with van der Waals surface area (Å²) in [6, 6.07) is 0. The van der Waals surface area contributed by atoms with Crippen LogP contribution in [-0.2, 0) is 19.1 Å². The maximum Gasteiger partial charge on any atom is 0.530 e. The third-order valence-corrected chi connectivity index (χ3v) is 1.76. The van der Waals surface area contributed by atoms with Crippen molar-refractivity contribution in [2.24, 2.45) is 5.92 Å². The predicted molar refractivity (Wildman–Crippen MR) is 56.3 cm³/mol. The van der Waals surface area contributed by atoms with E-state index < -0.39 is 12.9 Å². The van der Waals surface area contributed by atoms with Crippen LogP contribution in [0.1, 0.15) is 26.7 Å². The van der Waals surface area contributed by atoms with Crippen molar-refractivity contribution in [3.63, 3.8) is 0 Å². The molecular weight excluding hydrogens is 214 g/mol. The Hall–Kier alpha value is -1.30. The Kier molecular flexibility index (Phi) is 7.28. The van der Waals surface area contributed by atoms with Gasteiger partial charge in [0, 0.05) is 14.1 Å². The fourth-order valence-corrected chi connectivity index (χ4v) is 1.00. The Bertz CT molecular complexity index is 229. The third kappa shape index (κ3) is 7.05. The van der Waals surface area contributed by atoms with E-state index in [-0.39, 0.29) is 11.9 Å². The highest BCUT2D eigenvalue weighted by molar-refractivity contribution is 5.72. The molecule has 0 rings (SSSR count). The Morgan fingerprint density at radius 2 is 1.88 bits per heavy atom. The van der Waals surface area contributed by atoms with E-state index in [2.05, 4.69) is 9.57 Å². The Morgan fingerprint density at radius 1 is 1.25 bits per heavy atom. The van der Waals surface area contributed by atoms with Gasteiger partial charge in [0.05, 0.1) is 5.92 Å². The lowest BCUT2D eigenvalue weighted by Gasteiger charge is -2.12. The quantitative estimate of drug-likeness (QED) is 0.394. The first-order valence-corrected chi connectivity index (χ1v) is 5.16. The van der Waals surface area contributed by atoms with Crippen molar-refractivity contribution in [2.45, 2.75) is 26.7 Å². The molecule has 0 aliphatic carbocycles. The van der Waals surface area contributed by atoms with Gasteiger partial charge in [0.2, 0.25) is 6.79 Å². The number of carbonyl (C=O) groups is 2.